The van der Waals surface area contributed by atoms with Crippen molar-refractivity contribution in [1.29, 1.82) is 0 Å². The molecule has 1 aromatic rings. The lowest BCUT2D eigenvalue weighted by molar-refractivity contribution is 0.272. The highest BCUT2D eigenvalue weighted by Gasteiger charge is 2.17. The van der Waals surface area contributed by atoms with E-state index < -0.39 is 0 Å². The van der Waals surface area contributed by atoms with E-state index in [4.69, 9.17) is 11.6 Å². The number of alkyl halides is 1. The number of nitrogens with zero attached hydrogens (tertiary/aromatic N) is 4. The van der Waals surface area contributed by atoms with Gasteiger partial charge in [0.15, 0.2) is 0 Å². The van der Waals surface area contributed by atoms with Crippen LogP contribution in [-0.2, 0) is 0 Å². The summed E-state index contributed by atoms with van der Waals surface area (Å²) in [5.74, 6) is 0.721. The van der Waals surface area contributed by atoms with Gasteiger partial charge in [-0.2, -0.15) is 4.37 Å². The summed E-state index contributed by atoms with van der Waals surface area (Å²) in [7, 11) is 0. The van der Waals surface area contributed by atoms with E-state index in [1.54, 1.807) is 6.33 Å². The maximum Gasteiger partial charge on any atom is 0.205 e. The molecule has 0 aromatic carbocycles. The molecule has 0 unspecified atom stereocenters. The lowest BCUT2D eigenvalue weighted by Crippen LogP contribution is -2.46. The van der Waals surface area contributed by atoms with Crippen molar-refractivity contribution in [2.75, 3.05) is 43.5 Å². The van der Waals surface area contributed by atoms with Gasteiger partial charge in [-0.1, -0.05) is 0 Å². The highest BCUT2D eigenvalue weighted by molar-refractivity contribution is 7.09. The number of anilines is 1. The van der Waals surface area contributed by atoms with Gasteiger partial charge < -0.3 is 4.90 Å². The molecule has 0 amide bonds. The molecular weight excluding hydrogens is 220 g/mol. The predicted molar refractivity (Wildman–Crippen MR) is 59.3 cm³/mol. The molecule has 1 saturated heterocycles. The first-order valence-corrected chi connectivity index (χ1v) is 6.01. The van der Waals surface area contributed by atoms with Gasteiger partial charge in [0, 0.05) is 50.1 Å². The molecule has 0 aliphatic carbocycles. The van der Waals surface area contributed by atoms with Crippen molar-refractivity contribution in [3.63, 3.8) is 0 Å². The zero-order valence-corrected chi connectivity index (χ0v) is 9.47. The Morgan fingerprint density at radius 3 is 2.71 bits per heavy atom. The third-order valence-electron chi connectivity index (χ3n) is 2.39. The molecule has 0 atom stereocenters. The Morgan fingerprint density at radius 2 is 2.14 bits per heavy atom. The summed E-state index contributed by atoms with van der Waals surface area (Å²) in [5.41, 5.74) is 0. The van der Waals surface area contributed by atoms with Crippen LogP contribution in [0, 0.1) is 0 Å². The number of piperazine rings is 1. The third-order valence-corrected chi connectivity index (χ3v) is 3.29. The fraction of sp³-hybridized carbons (Fsp3) is 0.750. The van der Waals surface area contributed by atoms with Gasteiger partial charge in [0.2, 0.25) is 5.13 Å². The Labute approximate surface area is 92.7 Å². The maximum atomic E-state index is 5.70. The summed E-state index contributed by atoms with van der Waals surface area (Å²) in [6.45, 7) is 5.21. The van der Waals surface area contributed by atoms with Crippen LogP contribution in [0.25, 0.3) is 0 Å². The summed E-state index contributed by atoms with van der Waals surface area (Å²) >= 11 is 7.16. The first kappa shape index (κ1) is 10.1. The fourth-order valence-corrected chi connectivity index (χ4v) is 2.41. The van der Waals surface area contributed by atoms with Crippen molar-refractivity contribution in [1.82, 2.24) is 14.3 Å². The summed E-state index contributed by atoms with van der Waals surface area (Å²) in [6.07, 6.45) is 1.62. The van der Waals surface area contributed by atoms with Crippen LogP contribution in [0.2, 0.25) is 0 Å². The van der Waals surface area contributed by atoms with E-state index in [-0.39, 0.29) is 0 Å². The average Bonchev–Trinajstić information content (AvgIpc) is 2.72. The zero-order chi connectivity index (χ0) is 9.80. The Morgan fingerprint density at radius 1 is 1.36 bits per heavy atom. The van der Waals surface area contributed by atoms with E-state index in [2.05, 4.69) is 19.2 Å². The van der Waals surface area contributed by atoms with E-state index >= 15 is 0 Å². The average molecular weight is 233 g/mol. The molecule has 6 heteroatoms. The lowest BCUT2D eigenvalue weighted by atomic mass is 10.3. The van der Waals surface area contributed by atoms with Crippen LogP contribution in [0.5, 0.6) is 0 Å². The maximum absolute atomic E-state index is 5.70. The van der Waals surface area contributed by atoms with Gasteiger partial charge in [-0.25, -0.2) is 4.98 Å². The monoisotopic (exact) mass is 232 g/mol. The standard InChI is InChI=1S/C8H13ClN4S/c9-1-2-12-3-5-13(6-4-12)8-10-7-11-14-8/h7H,1-6H2. The molecule has 4 nitrogen and oxygen atoms in total. The second kappa shape index (κ2) is 4.91. The molecule has 2 heterocycles. The van der Waals surface area contributed by atoms with Gasteiger partial charge in [0.25, 0.3) is 0 Å². The van der Waals surface area contributed by atoms with Crippen LogP contribution in [0.4, 0.5) is 5.13 Å². The smallest absolute Gasteiger partial charge is 0.205 e. The normalized spacial score (nSPS) is 18.8. The van der Waals surface area contributed by atoms with Crippen molar-refractivity contribution < 1.29 is 0 Å². The molecule has 0 N–H and O–H groups in total. The van der Waals surface area contributed by atoms with Gasteiger partial charge in [-0.3, -0.25) is 4.90 Å². The highest BCUT2D eigenvalue weighted by Crippen LogP contribution is 2.16. The molecule has 1 aromatic heterocycles. The molecule has 0 bridgehead atoms. The Kier molecular flexibility index (Phi) is 3.55. The molecule has 1 aliphatic rings. The van der Waals surface area contributed by atoms with Crippen LogP contribution in [0.15, 0.2) is 6.33 Å². The fourth-order valence-electron chi connectivity index (χ4n) is 1.59. The van der Waals surface area contributed by atoms with Crippen LogP contribution >= 0.6 is 23.1 Å². The van der Waals surface area contributed by atoms with Crippen molar-refractivity contribution in [2.24, 2.45) is 0 Å². The first-order valence-electron chi connectivity index (χ1n) is 4.70. The Balaban J connectivity index is 1.84. The molecular formula is C8H13ClN4S. The SMILES string of the molecule is ClCCN1CCN(c2ncns2)CC1. The van der Waals surface area contributed by atoms with E-state index in [0.717, 1.165) is 43.7 Å². The van der Waals surface area contributed by atoms with Crippen molar-refractivity contribution in [3.8, 4) is 0 Å². The number of halogens is 1. The topological polar surface area (TPSA) is 32.3 Å². The molecule has 2 rings (SSSR count). The minimum atomic E-state index is 0.721. The second-order valence-electron chi connectivity index (χ2n) is 3.24. The summed E-state index contributed by atoms with van der Waals surface area (Å²) < 4.78 is 4.01. The number of aromatic nitrogens is 2. The predicted octanol–water partition coefficient (Wildman–Crippen LogP) is 0.899. The Bertz CT molecular complexity index is 258. The number of hydrogen-bond acceptors (Lipinski definition) is 5. The molecule has 0 radical (unpaired) electrons. The van der Waals surface area contributed by atoms with E-state index in [0.29, 0.717) is 0 Å². The minimum absolute atomic E-state index is 0.721. The third kappa shape index (κ3) is 2.34. The van der Waals surface area contributed by atoms with Gasteiger partial charge in [-0.15, -0.1) is 11.6 Å². The molecule has 14 heavy (non-hydrogen) atoms. The van der Waals surface area contributed by atoms with Crippen LogP contribution < -0.4 is 4.90 Å². The van der Waals surface area contributed by atoms with Crippen molar-refractivity contribution in [2.45, 2.75) is 0 Å². The Hall–Kier alpha value is -0.390. The quantitative estimate of drug-likeness (QED) is 0.725. The second-order valence-corrected chi connectivity index (χ2v) is 4.38. The highest BCUT2D eigenvalue weighted by atomic mass is 35.5. The van der Waals surface area contributed by atoms with Gasteiger partial charge in [0.05, 0.1) is 0 Å². The zero-order valence-electron chi connectivity index (χ0n) is 7.90. The molecule has 1 aliphatic heterocycles. The molecule has 0 saturated carbocycles. The van der Waals surface area contributed by atoms with Crippen molar-refractivity contribution >= 4 is 28.3 Å². The summed E-state index contributed by atoms with van der Waals surface area (Å²) in [6, 6.07) is 0. The molecule has 0 spiro atoms. The largest absolute Gasteiger partial charge is 0.344 e. The number of rotatable bonds is 3. The number of hydrogen-bond donors (Lipinski definition) is 0. The van der Waals surface area contributed by atoms with Gasteiger partial charge in [0.1, 0.15) is 6.33 Å². The van der Waals surface area contributed by atoms with Crippen molar-refractivity contribution in [3.05, 3.63) is 6.33 Å². The first-order chi connectivity index (χ1) is 6.90. The summed E-state index contributed by atoms with van der Waals surface area (Å²) in [4.78, 5) is 8.86. The molecule has 78 valence electrons. The van der Waals surface area contributed by atoms with Crippen LogP contribution in [0.1, 0.15) is 0 Å². The lowest BCUT2D eigenvalue weighted by Gasteiger charge is -2.33. The van der Waals surface area contributed by atoms with E-state index in [9.17, 15) is 0 Å². The van der Waals surface area contributed by atoms with Gasteiger partial charge in [-0.05, 0) is 0 Å². The summed E-state index contributed by atoms with van der Waals surface area (Å²) in [5, 5.41) is 1.04. The van der Waals surface area contributed by atoms with Crippen LogP contribution in [0.3, 0.4) is 0 Å². The van der Waals surface area contributed by atoms with E-state index in [1.807, 2.05) is 0 Å². The minimum Gasteiger partial charge on any atom is -0.344 e. The molecule has 1 fully saturated rings. The van der Waals surface area contributed by atoms with E-state index in [1.165, 1.54) is 11.5 Å². The van der Waals surface area contributed by atoms with Crippen LogP contribution in [-0.4, -0.2) is 52.9 Å². The van der Waals surface area contributed by atoms with Gasteiger partial charge >= 0.3 is 0 Å².